The minimum atomic E-state index is 0.132. The number of aryl methyl sites for hydroxylation is 1. The van der Waals surface area contributed by atoms with E-state index in [4.69, 9.17) is 9.72 Å². The monoisotopic (exact) mass is 366 g/mol. The van der Waals surface area contributed by atoms with Crippen LogP contribution in [0.3, 0.4) is 0 Å². The molecule has 9 heteroatoms. The molecule has 9 nitrogen and oxygen atoms in total. The maximum Gasteiger partial charge on any atom is 0.236 e. The van der Waals surface area contributed by atoms with Gasteiger partial charge in [-0.2, -0.15) is 4.98 Å². The van der Waals surface area contributed by atoms with Crippen LogP contribution >= 0.6 is 0 Å². The van der Waals surface area contributed by atoms with Gasteiger partial charge in [0, 0.05) is 31.6 Å². The van der Waals surface area contributed by atoms with E-state index in [2.05, 4.69) is 36.6 Å². The van der Waals surface area contributed by atoms with Crippen molar-refractivity contribution in [3.8, 4) is 11.6 Å². The Hall–Kier alpha value is -2.81. The number of nitrogens with zero attached hydrogens (tertiary/aromatic N) is 8. The van der Waals surface area contributed by atoms with Gasteiger partial charge >= 0.3 is 0 Å². The third-order valence-corrected chi connectivity index (χ3v) is 5.41. The number of imidazole rings is 1. The second kappa shape index (κ2) is 6.41. The number of aromatic nitrogens is 7. The smallest absolute Gasteiger partial charge is 0.236 e. The highest BCUT2D eigenvalue weighted by Crippen LogP contribution is 2.41. The molecule has 1 saturated heterocycles. The fourth-order valence-corrected chi connectivity index (χ4v) is 4.14. The predicted octanol–water partition coefficient (Wildman–Crippen LogP) is 2.00. The Labute approximate surface area is 157 Å². The Morgan fingerprint density at radius 3 is 2.81 bits per heavy atom. The maximum atomic E-state index is 5.60. The summed E-state index contributed by atoms with van der Waals surface area (Å²) >= 11 is 0. The zero-order valence-corrected chi connectivity index (χ0v) is 15.5. The molecule has 1 unspecified atom stereocenters. The van der Waals surface area contributed by atoms with Crippen LogP contribution in [-0.4, -0.2) is 53.5 Å². The standard InChI is InChI=1S/C18H22N8O/c1-3-14-17-23-22-12(2)25(17)15-10-20-18(24-7-6-19-11-24)21-16(15)26(14)13-4-8-27-9-5-13/h6-7,10-11,13-14H,3-5,8-9H2,1-2H3. The molecule has 5 heterocycles. The van der Waals surface area contributed by atoms with Gasteiger partial charge in [-0.15, -0.1) is 10.2 Å². The van der Waals surface area contributed by atoms with Crippen LogP contribution in [0.15, 0.2) is 24.9 Å². The van der Waals surface area contributed by atoms with Crippen LogP contribution in [0.1, 0.15) is 43.9 Å². The van der Waals surface area contributed by atoms with Gasteiger partial charge in [0.2, 0.25) is 5.95 Å². The van der Waals surface area contributed by atoms with E-state index in [0.29, 0.717) is 12.0 Å². The first-order chi connectivity index (χ1) is 13.3. The highest BCUT2D eigenvalue weighted by Gasteiger charge is 2.39. The Morgan fingerprint density at radius 1 is 1.22 bits per heavy atom. The molecule has 2 aliphatic heterocycles. The van der Waals surface area contributed by atoms with Gasteiger partial charge in [-0.05, 0) is 26.2 Å². The van der Waals surface area contributed by atoms with Gasteiger partial charge in [0.15, 0.2) is 11.6 Å². The molecule has 27 heavy (non-hydrogen) atoms. The highest BCUT2D eigenvalue weighted by molar-refractivity contribution is 5.63. The largest absolute Gasteiger partial charge is 0.381 e. The van der Waals surface area contributed by atoms with Crippen molar-refractivity contribution in [1.82, 2.24) is 34.3 Å². The zero-order chi connectivity index (χ0) is 18.4. The Bertz CT molecular complexity index is 944. The third-order valence-electron chi connectivity index (χ3n) is 5.41. The number of rotatable bonds is 3. The summed E-state index contributed by atoms with van der Waals surface area (Å²) in [6, 6.07) is 0.492. The molecule has 2 aliphatic rings. The summed E-state index contributed by atoms with van der Waals surface area (Å²) in [6.45, 7) is 5.71. The number of hydrogen-bond donors (Lipinski definition) is 0. The molecule has 0 N–H and O–H groups in total. The van der Waals surface area contributed by atoms with E-state index in [1.165, 1.54) is 0 Å². The molecule has 0 bridgehead atoms. The second-order valence-electron chi connectivity index (χ2n) is 6.96. The molecule has 1 fully saturated rings. The highest BCUT2D eigenvalue weighted by atomic mass is 16.5. The van der Waals surface area contributed by atoms with Crippen molar-refractivity contribution in [2.24, 2.45) is 0 Å². The van der Waals surface area contributed by atoms with Gasteiger partial charge in [-0.25, -0.2) is 9.97 Å². The van der Waals surface area contributed by atoms with Crippen molar-refractivity contribution < 1.29 is 4.74 Å². The maximum absolute atomic E-state index is 5.60. The molecule has 0 aromatic carbocycles. The van der Waals surface area contributed by atoms with Crippen LogP contribution in [0, 0.1) is 6.92 Å². The van der Waals surface area contributed by atoms with E-state index in [9.17, 15) is 0 Å². The van der Waals surface area contributed by atoms with E-state index >= 15 is 0 Å². The molecule has 5 rings (SSSR count). The lowest BCUT2D eigenvalue weighted by Crippen LogP contribution is -2.45. The molecule has 3 aromatic rings. The first-order valence-corrected chi connectivity index (χ1v) is 9.41. The van der Waals surface area contributed by atoms with Crippen LogP contribution in [-0.2, 0) is 4.74 Å². The van der Waals surface area contributed by atoms with Crippen molar-refractivity contribution in [3.05, 3.63) is 36.6 Å². The molecular formula is C18H22N8O. The summed E-state index contributed by atoms with van der Waals surface area (Å²) < 4.78 is 9.52. The Balaban J connectivity index is 1.70. The summed E-state index contributed by atoms with van der Waals surface area (Å²) in [4.78, 5) is 16.1. The molecule has 0 aliphatic carbocycles. The lowest BCUT2D eigenvalue weighted by atomic mass is 10.0. The van der Waals surface area contributed by atoms with Gasteiger partial charge < -0.3 is 9.64 Å². The SMILES string of the molecule is CCC1c2nnc(C)n2-c2cnc(-n3ccnc3)nc2N1C1CCOCC1. The van der Waals surface area contributed by atoms with E-state index in [1.807, 2.05) is 23.9 Å². The van der Waals surface area contributed by atoms with Gasteiger partial charge in [0.05, 0.1) is 12.2 Å². The first kappa shape index (κ1) is 16.4. The average Bonchev–Trinajstić information content (AvgIpc) is 3.37. The van der Waals surface area contributed by atoms with E-state index in [-0.39, 0.29) is 6.04 Å². The van der Waals surface area contributed by atoms with E-state index in [1.54, 1.807) is 12.5 Å². The van der Waals surface area contributed by atoms with Crippen molar-refractivity contribution in [2.45, 2.75) is 45.2 Å². The first-order valence-electron chi connectivity index (χ1n) is 9.41. The minimum absolute atomic E-state index is 0.132. The Kier molecular flexibility index (Phi) is 3.89. The fourth-order valence-electron chi connectivity index (χ4n) is 4.14. The van der Waals surface area contributed by atoms with Crippen LogP contribution in [0.2, 0.25) is 0 Å². The summed E-state index contributed by atoms with van der Waals surface area (Å²) in [7, 11) is 0. The average molecular weight is 366 g/mol. The zero-order valence-electron chi connectivity index (χ0n) is 15.5. The van der Waals surface area contributed by atoms with Gasteiger partial charge in [-0.3, -0.25) is 9.13 Å². The molecule has 3 aromatic heterocycles. The minimum Gasteiger partial charge on any atom is -0.381 e. The van der Waals surface area contributed by atoms with Crippen molar-refractivity contribution >= 4 is 5.82 Å². The number of hydrogen-bond acceptors (Lipinski definition) is 7. The third kappa shape index (κ3) is 2.53. The number of fused-ring (bicyclic) bond motifs is 3. The van der Waals surface area contributed by atoms with E-state index < -0.39 is 0 Å². The van der Waals surface area contributed by atoms with Crippen LogP contribution in [0.5, 0.6) is 0 Å². The molecule has 0 saturated carbocycles. The van der Waals surface area contributed by atoms with Crippen LogP contribution in [0.25, 0.3) is 11.6 Å². The molecule has 0 spiro atoms. The predicted molar refractivity (Wildman–Crippen MR) is 98.2 cm³/mol. The molecule has 1 atom stereocenters. The lowest BCUT2D eigenvalue weighted by molar-refractivity contribution is 0.0817. The summed E-state index contributed by atoms with van der Waals surface area (Å²) in [5.41, 5.74) is 0.938. The van der Waals surface area contributed by atoms with Crippen molar-refractivity contribution in [3.63, 3.8) is 0 Å². The van der Waals surface area contributed by atoms with Crippen molar-refractivity contribution in [2.75, 3.05) is 18.1 Å². The fraction of sp³-hybridized carbons (Fsp3) is 0.500. The van der Waals surface area contributed by atoms with Crippen molar-refractivity contribution in [1.29, 1.82) is 0 Å². The molecule has 140 valence electrons. The normalized spacial score (nSPS) is 19.8. The van der Waals surface area contributed by atoms with Gasteiger partial charge in [-0.1, -0.05) is 6.92 Å². The molecule has 0 amide bonds. The van der Waals surface area contributed by atoms with Gasteiger partial charge in [0.1, 0.15) is 17.8 Å². The summed E-state index contributed by atoms with van der Waals surface area (Å²) in [5, 5.41) is 8.83. The molecular weight excluding hydrogens is 344 g/mol. The molecule has 0 radical (unpaired) electrons. The quantitative estimate of drug-likeness (QED) is 0.701. The number of anilines is 1. The second-order valence-corrected chi connectivity index (χ2v) is 6.96. The Morgan fingerprint density at radius 2 is 2.07 bits per heavy atom. The van der Waals surface area contributed by atoms with Gasteiger partial charge in [0.25, 0.3) is 0 Å². The summed E-state index contributed by atoms with van der Waals surface area (Å²) in [6.07, 6.45) is 10.1. The number of ether oxygens (including phenoxy) is 1. The summed E-state index contributed by atoms with van der Waals surface area (Å²) in [5.74, 6) is 3.37. The van der Waals surface area contributed by atoms with Crippen LogP contribution in [0.4, 0.5) is 5.82 Å². The van der Waals surface area contributed by atoms with E-state index in [0.717, 1.165) is 55.6 Å². The topological polar surface area (TPSA) is 86.8 Å². The van der Waals surface area contributed by atoms with Crippen LogP contribution < -0.4 is 4.90 Å². The lowest BCUT2D eigenvalue weighted by Gasteiger charge is -2.43.